The number of carbonyl (C=O) groups excluding carboxylic acids is 1. The Balaban J connectivity index is 1.36. The molecule has 1 fully saturated rings. The fraction of sp³-hybridized carbons (Fsp3) is 0.269. The van der Waals surface area contributed by atoms with E-state index in [-0.39, 0.29) is 17.4 Å². The number of amides is 1. The van der Waals surface area contributed by atoms with Crippen LogP contribution in [0.3, 0.4) is 0 Å². The van der Waals surface area contributed by atoms with Gasteiger partial charge in [0.25, 0.3) is 5.91 Å². The lowest BCUT2D eigenvalue weighted by molar-refractivity contribution is 0.0945. The predicted octanol–water partition coefficient (Wildman–Crippen LogP) is 3.02. The fourth-order valence-electron chi connectivity index (χ4n) is 4.12. The van der Waals surface area contributed by atoms with Gasteiger partial charge in [-0.3, -0.25) is 14.8 Å². The van der Waals surface area contributed by atoms with Gasteiger partial charge in [0.2, 0.25) is 0 Å². The molecular weight excluding hydrogens is 491 g/mol. The molecule has 0 spiro atoms. The maximum absolute atomic E-state index is 14.9. The first kappa shape index (κ1) is 25.1. The molecule has 196 valence electrons. The molecule has 0 atom stereocenters. The molecule has 4 aromatic rings. The van der Waals surface area contributed by atoms with E-state index < -0.39 is 5.82 Å². The number of halogens is 1. The van der Waals surface area contributed by atoms with E-state index in [0.717, 1.165) is 11.3 Å². The first-order valence-electron chi connectivity index (χ1n) is 12.1. The number of nitrogens with one attached hydrogen (secondary N) is 2. The van der Waals surface area contributed by atoms with E-state index in [1.165, 1.54) is 24.1 Å². The molecule has 4 heterocycles. The van der Waals surface area contributed by atoms with E-state index >= 15 is 0 Å². The molecular formula is C26H27FN8O3. The van der Waals surface area contributed by atoms with Gasteiger partial charge in [-0.2, -0.15) is 0 Å². The van der Waals surface area contributed by atoms with E-state index in [1.54, 1.807) is 30.7 Å². The van der Waals surface area contributed by atoms with Gasteiger partial charge < -0.3 is 25.0 Å². The lowest BCUT2D eigenvalue weighted by atomic mass is 10.2. The van der Waals surface area contributed by atoms with Crippen LogP contribution in [0.2, 0.25) is 0 Å². The Kier molecular flexibility index (Phi) is 7.40. The minimum absolute atomic E-state index is 0.0949. The Morgan fingerprint density at radius 1 is 1.21 bits per heavy atom. The second kappa shape index (κ2) is 11.2. The number of rotatable bonds is 8. The highest BCUT2D eigenvalue weighted by Gasteiger charge is 2.19. The van der Waals surface area contributed by atoms with Crippen LogP contribution in [0.1, 0.15) is 21.7 Å². The normalized spacial score (nSPS) is 13.3. The zero-order chi connectivity index (χ0) is 26.5. The first-order chi connectivity index (χ1) is 18.5. The van der Waals surface area contributed by atoms with Gasteiger partial charge in [0.05, 0.1) is 55.5 Å². The van der Waals surface area contributed by atoms with Gasteiger partial charge in [0.15, 0.2) is 17.3 Å². The number of carbonyl (C=O) groups is 1. The fourth-order valence-corrected chi connectivity index (χ4v) is 4.12. The topological polar surface area (TPSA) is 119 Å². The van der Waals surface area contributed by atoms with Crippen LogP contribution in [0.4, 0.5) is 21.5 Å². The molecule has 12 heteroatoms. The summed E-state index contributed by atoms with van der Waals surface area (Å²) in [5.74, 6) is -0.741. The van der Waals surface area contributed by atoms with Crippen molar-refractivity contribution in [2.45, 2.75) is 13.5 Å². The summed E-state index contributed by atoms with van der Waals surface area (Å²) in [4.78, 5) is 23.1. The number of aromatic nitrogens is 5. The molecule has 11 nitrogen and oxygen atoms in total. The molecule has 38 heavy (non-hydrogen) atoms. The van der Waals surface area contributed by atoms with Gasteiger partial charge in [-0.05, 0) is 30.7 Å². The van der Waals surface area contributed by atoms with Crippen molar-refractivity contribution < 1.29 is 18.7 Å². The van der Waals surface area contributed by atoms with Crippen LogP contribution in [0, 0.1) is 12.7 Å². The lowest BCUT2D eigenvalue weighted by Gasteiger charge is -2.29. The monoisotopic (exact) mass is 518 g/mol. The van der Waals surface area contributed by atoms with Gasteiger partial charge in [-0.1, -0.05) is 11.3 Å². The number of pyridine rings is 2. The summed E-state index contributed by atoms with van der Waals surface area (Å²) < 4.78 is 27.2. The zero-order valence-electron chi connectivity index (χ0n) is 21.0. The van der Waals surface area contributed by atoms with Gasteiger partial charge in [-0.25, -0.2) is 9.07 Å². The average molecular weight is 519 g/mol. The van der Waals surface area contributed by atoms with Crippen molar-refractivity contribution in [3.05, 3.63) is 77.9 Å². The van der Waals surface area contributed by atoms with E-state index in [9.17, 15) is 9.18 Å². The van der Waals surface area contributed by atoms with Gasteiger partial charge in [0, 0.05) is 43.8 Å². The van der Waals surface area contributed by atoms with Crippen LogP contribution in [-0.2, 0) is 11.3 Å². The van der Waals surface area contributed by atoms with E-state index in [4.69, 9.17) is 9.47 Å². The summed E-state index contributed by atoms with van der Waals surface area (Å²) in [6.07, 6.45) is 6.52. The van der Waals surface area contributed by atoms with Crippen LogP contribution in [0.25, 0.3) is 5.69 Å². The first-order valence-corrected chi connectivity index (χ1v) is 12.1. The molecule has 1 saturated heterocycles. The van der Waals surface area contributed by atoms with Crippen molar-refractivity contribution in [3.8, 4) is 11.4 Å². The van der Waals surface area contributed by atoms with E-state index in [1.807, 2.05) is 19.1 Å². The second-order valence-electron chi connectivity index (χ2n) is 8.65. The quantitative estimate of drug-likeness (QED) is 0.363. The Morgan fingerprint density at radius 3 is 2.82 bits per heavy atom. The number of anilines is 3. The molecule has 0 bridgehead atoms. The maximum atomic E-state index is 14.9. The van der Waals surface area contributed by atoms with Gasteiger partial charge >= 0.3 is 0 Å². The van der Waals surface area contributed by atoms with Crippen molar-refractivity contribution in [2.75, 3.05) is 43.6 Å². The SMILES string of the molecule is COc1c(F)cc(N2CCOCC2)cc1Nc1cnc(C)c(-n2cc(C(=O)NCc3cccnc3)nn2)c1. The Bertz CT molecular complexity index is 1420. The number of morpholine rings is 1. The summed E-state index contributed by atoms with van der Waals surface area (Å²) in [6, 6.07) is 8.77. The van der Waals surface area contributed by atoms with E-state index in [2.05, 4.69) is 35.8 Å². The molecule has 0 aliphatic carbocycles. The third kappa shape index (κ3) is 5.54. The minimum atomic E-state index is -0.475. The van der Waals surface area contributed by atoms with Crippen LogP contribution in [0.5, 0.6) is 5.75 Å². The van der Waals surface area contributed by atoms with Crippen molar-refractivity contribution >= 4 is 23.0 Å². The Labute approximate surface area is 218 Å². The zero-order valence-corrected chi connectivity index (χ0v) is 21.0. The van der Waals surface area contributed by atoms with Gasteiger partial charge in [-0.15, -0.1) is 5.10 Å². The smallest absolute Gasteiger partial charge is 0.273 e. The van der Waals surface area contributed by atoms with Crippen LogP contribution >= 0.6 is 0 Å². The Morgan fingerprint density at radius 2 is 2.05 bits per heavy atom. The van der Waals surface area contributed by atoms with Crippen molar-refractivity contribution in [1.29, 1.82) is 0 Å². The average Bonchev–Trinajstić information content (AvgIpc) is 3.44. The summed E-state index contributed by atoms with van der Waals surface area (Å²) in [6.45, 7) is 4.66. The molecule has 3 aromatic heterocycles. The van der Waals surface area contributed by atoms with E-state index in [0.29, 0.717) is 55.6 Å². The molecule has 0 radical (unpaired) electrons. The van der Waals surface area contributed by atoms with Crippen molar-refractivity contribution in [3.63, 3.8) is 0 Å². The number of ether oxygens (including phenoxy) is 2. The highest BCUT2D eigenvalue weighted by atomic mass is 19.1. The lowest BCUT2D eigenvalue weighted by Crippen LogP contribution is -2.36. The molecule has 5 rings (SSSR count). The summed E-state index contributed by atoms with van der Waals surface area (Å²) in [7, 11) is 1.42. The second-order valence-corrected chi connectivity index (χ2v) is 8.65. The molecule has 0 unspecified atom stereocenters. The van der Waals surface area contributed by atoms with Crippen molar-refractivity contribution in [1.82, 2.24) is 30.3 Å². The molecule has 0 saturated carbocycles. The highest BCUT2D eigenvalue weighted by molar-refractivity contribution is 5.91. The summed E-state index contributed by atoms with van der Waals surface area (Å²) in [5.41, 5.74) is 4.08. The van der Waals surface area contributed by atoms with Crippen LogP contribution in [-0.4, -0.2) is 64.3 Å². The number of nitrogens with zero attached hydrogens (tertiary/aromatic N) is 6. The predicted molar refractivity (Wildman–Crippen MR) is 139 cm³/mol. The van der Waals surface area contributed by atoms with Crippen LogP contribution < -0.4 is 20.3 Å². The summed E-state index contributed by atoms with van der Waals surface area (Å²) >= 11 is 0. The standard InChI is InChI=1S/C26H27FN8O3/c1-17-24(35-16-23(32-33-35)26(36)30-14-18-4-3-5-28-13-18)10-19(15-29-17)31-22-12-20(11-21(27)25(22)37-2)34-6-8-38-9-7-34/h3-5,10-13,15-16,31H,6-9,14H2,1-2H3,(H,30,36). The van der Waals surface area contributed by atoms with Gasteiger partial charge in [0.1, 0.15) is 0 Å². The van der Waals surface area contributed by atoms with Crippen molar-refractivity contribution in [2.24, 2.45) is 0 Å². The Hall–Kier alpha value is -4.58. The third-order valence-electron chi connectivity index (χ3n) is 6.10. The number of hydrogen-bond acceptors (Lipinski definition) is 9. The molecule has 1 aliphatic heterocycles. The number of hydrogen-bond donors (Lipinski definition) is 2. The maximum Gasteiger partial charge on any atom is 0.273 e. The van der Waals surface area contributed by atoms with Crippen LogP contribution in [0.15, 0.2) is 55.1 Å². The third-order valence-corrected chi connectivity index (χ3v) is 6.10. The molecule has 2 N–H and O–H groups in total. The highest BCUT2D eigenvalue weighted by Crippen LogP contribution is 2.35. The number of aryl methyl sites for hydroxylation is 1. The largest absolute Gasteiger partial charge is 0.492 e. The summed E-state index contributed by atoms with van der Waals surface area (Å²) in [5, 5.41) is 14.2. The molecule has 1 aliphatic rings. The number of methoxy groups -OCH3 is 1. The molecule has 1 aromatic carbocycles. The molecule has 1 amide bonds. The number of benzene rings is 1. The minimum Gasteiger partial charge on any atom is -0.492 e.